The van der Waals surface area contributed by atoms with Crippen LogP contribution in [0, 0.1) is 0 Å². The summed E-state index contributed by atoms with van der Waals surface area (Å²) in [6.45, 7) is 0.188. The SMILES string of the molecule is Cn1nnnc1SC[C@H]1C[C@@H](c2ccc(CO)cc2)O[C@@H](c2ccc(-c3ccccc3CNC(=O)C(Cl)(Cl)Cl)cc2)O1. The molecule has 5 rings (SSSR count). The smallest absolute Gasteiger partial charge is 0.272 e. The van der Waals surface area contributed by atoms with Crippen molar-refractivity contribution in [2.75, 3.05) is 5.75 Å². The lowest BCUT2D eigenvalue weighted by Crippen LogP contribution is -2.34. The van der Waals surface area contributed by atoms with Gasteiger partial charge in [0.05, 0.1) is 18.8 Å². The molecule has 0 saturated carbocycles. The van der Waals surface area contributed by atoms with Gasteiger partial charge < -0.3 is 19.9 Å². The highest BCUT2D eigenvalue weighted by atomic mass is 35.6. The molecular formula is C29H28Cl3N5O4S. The predicted molar refractivity (Wildman–Crippen MR) is 162 cm³/mol. The van der Waals surface area contributed by atoms with E-state index in [0.29, 0.717) is 17.3 Å². The Bertz CT molecular complexity index is 1500. The number of aliphatic hydroxyl groups excluding tert-OH is 1. The van der Waals surface area contributed by atoms with Crippen molar-refractivity contribution in [2.24, 2.45) is 7.05 Å². The van der Waals surface area contributed by atoms with Gasteiger partial charge in [-0.15, -0.1) is 5.10 Å². The number of benzene rings is 3. The molecule has 42 heavy (non-hydrogen) atoms. The molecular weight excluding hydrogens is 621 g/mol. The van der Waals surface area contributed by atoms with E-state index in [4.69, 9.17) is 44.3 Å². The Hall–Kier alpha value is -2.70. The number of carbonyl (C=O) groups is 1. The lowest BCUT2D eigenvalue weighted by molar-refractivity contribution is -0.245. The Balaban J connectivity index is 1.34. The Morgan fingerprint density at radius 2 is 1.76 bits per heavy atom. The summed E-state index contributed by atoms with van der Waals surface area (Å²) in [6, 6.07) is 23.4. The zero-order chi connectivity index (χ0) is 29.7. The fourth-order valence-corrected chi connectivity index (χ4v) is 5.65. The molecule has 0 unspecified atom stereocenters. The zero-order valence-electron chi connectivity index (χ0n) is 22.5. The summed E-state index contributed by atoms with van der Waals surface area (Å²) in [5, 5.41) is 24.5. The quantitative estimate of drug-likeness (QED) is 0.176. The van der Waals surface area contributed by atoms with Crippen LogP contribution in [0.2, 0.25) is 0 Å². The molecule has 1 aliphatic heterocycles. The van der Waals surface area contributed by atoms with E-state index >= 15 is 0 Å². The molecule has 0 radical (unpaired) electrons. The number of rotatable bonds is 9. The van der Waals surface area contributed by atoms with Crippen LogP contribution in [-0.4, -0.2) is 46.9 Å². The summed E-state index contributed by atoms with van der Waals surface area (Å²) in [7, 11) is 1.80. The second-order valence-electron chi connectivity index (χ2n) is 9.71. The van der Waals surface area contributed by atoms with Crippen molar-refractivity contribution in [2.45, 2.75) is 47.0 Å². The minimum absolute atomic E-state index is 0.0166. The molecule has 1 fully saturated rings. The van der Waals surface area contributed by atoms with Crippen LogP contribution in [0.3, 0.4) is 0 Å². The van der Waals surface area contributed by atoms with Gasteiger partial charge in [-0.2, -0.15) is 0 Å². The standard InChI is InChI=1S/C29H28Cl3N5O4S/c1-37-28(34-35-36-37)42-17-23-14-25(20-8-6-18(16-38)7-9-20)41-26(40-23)21-12-10-19(11-13-21)24-5-3-2-4-22(24)15-33-27(39)29(30,31)32/h2-13,23,25-26,38H,14-17H2,1H3,(H,33,39)/t23-,25+,26+/m1/s1. The van der Waals surface area contributed by atoms with E-state index < -0.39 is 16.0 Å². The molecule has 1 saturated heterocycles. The first-order chi connectivity index (χ1) is 20.2. The van der Waals surface area contributed by atoms with Gasteiger partial charge in [0.25, 0.3) is 9.70 Å². The van der Waals surface area contributed by atoms with E-state index in [9.17, 15) is 9.90 Å². The van der Waals surface area contributed by atoms with Crippen molar-refractivity contribution < 1.29 is 19.4 Å². The predicted octanol–water partition coefficient (Wildman–Crippen LogP) is 5.69. The molecule has 1 amide bonds. The molecule has 9 nitrogen and oxygen atoms in total. The molecule has 4 aromatic rings. The third-order valence-electron chi connectivity index (χ3n) is 6.80. The van der Waals surface area contributed by atoms with Crippen molar-refractivity contribution >= 4 is 52.5 Å². The van der Waals surface area contributed by atoms with Gasteiger partial charge >= 0.3 is 0 Å². The lowest BCUT2D eigenvalue weighted by Gasteiger charge is -2.36. The summed E-state index contributed by atoms with van der Waals surface area (Å²) >= 11 is 18.6. The molecule has 2 heterocycles. The Labute approximate surface area is 262 Å². The first-order valence-corrected chi connectivity index (χ1v) is 15.2. The number of carbonyl (C=O) groups excluding carboxylic acids is 1. The van der Waals surface area contributed by atoms with Crippen LogP contribution in [-0.2, 0) is 34.5 Å². The number of nitrogens with one attached hydrogen (secondary N) is 1. The van der Waals surface area contributed by atoms with Crippen molar-refractivity contribution in [1.29, 1.82) is 0 Å². The van der Waals surface area contributed by atoms with Gasteiger partial charge in [-0.1, -0.05) is 119 Å². The fourth-order valence-electron chi connectivity index (χ4n) is 4.59. The van der Waals surface area contributed by atoms with Gasteiger partial charge in [0.15, 0.2) is 6.29 Å². The highest BCUT2D eigenvalue weighted by Crippen LogP contribution is 2.40. The van der Waals surface area contributed by atoms with Crippen LogP contribution in [0.1, 0.15) is 41.1 Å². The largest absolute Gasteiger partial charge is 0.392 e. The maximum absolute atomic E-state index is 12.1. The maximum Gasteiger partial charge on any atom is 0.272 e. The maximum atomic E-state index is 12.1. The van der Waals surface area contributed by atoms with Gasteiger partial charge in [-0.3, -0.25) is 4.79 Å². The summed E-state index contributed by atoms with van der Waals surface area (Å²) in [6.07, 6.45) is -0.285. The van der Waals surface area contributed by atoms with Crippen LogP contribution in [0.15, 0.2) is 78.0 Å². The third-order valence-corrected chi connectivity index (χ3v) is 8.46. The Kier molecular flexibility index (Phi) is 10.1. The number of hydrogen-bond acceptors (Lipinski definition) is 8. The van der Waals surface area contributed by atoms with Gasteiger partial charge in [0.1, 0.15) is 0 Å². The molecule has 220 valence electrons. The number of alkyl halides is 3. The molecule has 3 atom stereocenters. The molecule has 1 aliphatic rings. The number of halogens is 3. The fraction of sp³-hybridized carbons (Fsp3) is 0.310. The molecule has 0 spiro atoms. The Morgan fingerprint density at radius 1 is 1.05 bits per heavy atom. The van der Waals surface area contributed by atoms with Gasteiger partial charge in [-0.05, 0) is 38.2 Å². The van der Waals surface area contributed by atoms with E-state index in [0.717, 1.165) is 33.4 Å². The minimum atomic E-state index is -2.03. The summed E-state index contributed by atoms with van der Waals surface area (Å²) in [5.74, 6) is -0.0436. The number of tetrazole rings is 1. The van der Waals surface area contributed by atoms with Crippen LogP contribution in [0.25, 0.3) is 11.1 Å². The average molecular weight is 649 g/mol. The van der Waals surface area contributed by atoms with E-state index in [-0.39, 0.29) is 25.4 Å². The van der Waals surface area contributed by atoms with Crippen molar-refractivity contribution in [3.05, 3.63) is 95.1 Å². The summed E-state index contributed by atoms with van der Waals surface area (Å²) in [4.78, 5) is 12.1. The number of aromatic nitrogens is 4. The first kappa shape index (κ1) is 30.7. The highest BCUT2D eigenvalue weighted by molar-refractivity contribution is 7.99. The second kappa shape index (κ2) is 13.7. The van der Waals surface area contributed by atoms with Crippen LogP contribution < -0.4 is 5.32 Å². The third kappa shape index (κ3) is 7.62. The monoisotopic (exact) mass is 647 g/mol. The lowest BCUT2D eigenvalue weighted by atomic mass is 9.98. The molecule has 1 aromatic heterocycles. The Morgan fingerprint density at radius 3 is 2.43 bits per heavy atom. The number of amides is 1. The van der Waals surface area contributed by atoms with Crippen LogP contribution in [0.5, 0.6) is 0 Å². The van der Waals surface area contributed by atoms with E-state index in [2.05, 4.69) is 20.8 Å². The normalized spacial score (nSPS) is 19.0. The first-order valence-electron chi connectivity index (χ1n) is 13.1. The van der Waals surface area contributed by atoms with E-state index in [1.807, 2.05) is 72.8 Å². The van der Waals surface area contributed by atoms with Crippen LogP contribution in [0.4, 0.5) is 0 Å². The molecule has 0 bridgehead atoms. The molecule has 13 heteroatoms. The van der Waals surface area contributed by atoms with E-state index in [1.165, 1.54) is 11.8 Å². The van der Waals surface area contributed by atoms with Crippen molar-refractivity contribution in [1.82, 2.24) is 25.5 Å². The van der Waals surface area contributed by atoms with E-state index in [1.54, 1.807) is 11.7 Å². The summed E-state index contributed by atoms with van der Waals surface area (Å²) in [5.41, 5.74) is 5.48. The average Bonchev–Trinajstić information content (AvgIpc) is 3.42. The zero-order valence-corrected chi connectivity index (χ0v) is 25.6. The summed E-state index contributed by atoms with van der Waals surface area (Å²) < 4.78 is 12.5. The number of hydrogen-bond donors (Lipinski definition) is 2. The second-order valence-corrected chi connectivity index (χ2v) is 13.0. The number of nitrogens with zero attached hydrogens (tertiary/aromatic N) is 4. The number of aliphatic hydroxyl groups is 1. The van der Waals surface area contributed by atoms with Gasteiger partial charge in [-0.25, -0.2) is 4.68 Å². The molecule has 0 aliphatic carbocycles. The number of thioether (sulfide) groups is 1. The van der Waals surface area contributed by atoms with Crippen molar-refractivity contribution in [3.63, 3.8) is 0 Å². The minimum Gasteiger partial charge on any atom is -0.392 e. The molecule has 3 aromatic carbocycles. The number of aryl methyl sites for hydroxylation is 1. The topological polar surface area (TPSA) is 111 Å². The van der Waals surface area contributed by atoms with Crippen molar-refractivity contribution in [3.8, 4) is 11.1 Å². The van der Waals surface area contributed by atoms with Gasteiger partial charge in [0.2, 0.25) is 5.16 Å². The van der Waals surface area contributed by atoms with Gasteiger partial charge in [0, 0.05) is 31.3 Å². The number of ether oxygens (including phenoxy) is 2. The van der Waals surface area contributed by atoms with Crippen LogP contribution >= 0.6 is 46.6 Å². The highest BCUT2D eigenvalue weighted by Gasteiger charge is 2.33. The molecule has 2 N–H and O–H groups in total.